The largest absolute Gasteiger partial charge is 0.465 e. The molecule has 2 rings (SSSR count). The predicted molar refractivity (Wildman–Crippen MR) is 108 cm³/mol. The Kier molecular flexibility index (Phi) is 7.38. The smallest absolute Gasteiger partial charge is 0.413 e. The molecule has 0 fully saturated rings. The van der Waals surface area contributed by atoms with Crippen LogP contribution in [-0.2, 0) is 20.8 Å². The molecular formula is C19H23N3O6S. The molecule has 0 bridgehead atoms. The number of nitrogens with zero attached hydrogens (tertiary/aromatic N) is 2. The maximum absolute atomic E-state index is 13.0. The van der Waals surface area contributed by atoms with Gasteiger partial charge in [-0.1, -0.05) is 25.6 Å². The lowest BCUT2D eigenvalue weighted by molar-refractivity contribution is -0.119. The van der Waals surface area contributed by atoms with Gasteiger partial charge in [-0.3, -0.25) is 19.5 Å². The SMILES string of the molecule is COC(=O)NC(=O)[C@@H](C)Sc1nc2cc(C(=O)OC)ccc2c(=O)n1CC(C)C. The number of alkyl carbamates (subject to hydrolysis) is 1. The van der Waals surface area contributed by atoms with Crippen LogP contribution in [0.5, 0.6) is 0 Å². The van der Waals surface area contributed by atoms with E-state index in [-0.39, 0.29) is 17.0 Å². The van der Waals surface area contributed by atoms with Gasteiger partial charge in [-0.15, -0.1) is 0 Å². The molecule has 2 aromatic rings. The number of amides is 2. The Morgan fingerprint density at radius 1 is 1.17 bits per heavy atom. The third-order valence-electron chi connectivity index (χ3n) is 3.95. The molecule has 0 spiro atoms. The van der Waals surface area contributed by atoms with Crippen LogP contribution < -0.4 is 10.9 Å². The molecule has 9 nitrogen and oxygen atoms in total. The zero-order chi connectivity index (χ0) is 21.7. The number of carbonyl (C=O) groups is 3. The fourth-order valence-electron chi connectivity index (χ4n) is 2.53. The van der Waals surface area contributed by atoms with E-state index in [1.807, 2.05) is 13.8 Å². The van der Waals surface area contributed by atoms with Crippen molar-refractivity contribution in [2.45, 2.75) is 37.7 Å². The number of thioether (sulfide) groups is 1. The number of aromatic nitrogens is 2. The first-order valence-electron chi connectivity index (χ1n) is 8.86. The molecule has 0 aliphatic rings. The molecule has 2 amide bonds. The van der Waals surface area contributed by atoms with Crippen molar-refractivity contribution in [3.05, 3.63) is 34.1 Å². The molecule has 29 heavy (non-hydrogen) atoms. The topological polar surface area (TPSA) is 117 Å². The van der Waals surface area contributed by atoms with Crippen molar-refractivity contribution in [2.75, 3.05) is 14.2 Å². The van der Waals surface area contributed by atoms with Gasteiger partial charge < -0.3 is 9.47 Å². The van der Waals surface area contributed by atoms with Gasteiger partial charge in [-0.05, 0) is 31.0 Å². The number of hydrogen-bond donors (Lipinski definition) is 1. The average Bonchev–Trinajstić information content (AvgIpc) is 2.69. The minimum Gasteiger partial charge on any atom is -0.465 e. The summed E-state index contributed by atoms with van der Waals surface area (Å²) in [5.41, 5.74) is 0.310. The highest BCUT2D eigenvalue weighted by molar-refractivity contribution is 8.00. The molecule has 1 N–H and O–H groups in total. The first-order valence-corrected chi connectivity index (χ1v) is 9.74. The van der Waals surface area contributed by atoms with Crippen molar-refractivity contribution in [1.82, 2.24) is 14.9 Å². The van der Waals surface area contributed by atoms with Crippen LogP contribution in [0.15, 0.2) is 28.2 Å². The second-order valence-electron chi connectivity index (χ2n) is 6.67. The van der Waals surface area contributed by atoms with Crippen LogP contribution in [0.4, 0.5) is 4.79 Å². The van der Waals surface area contributed by atoms with Crippen molar-refractivity contribution in [3.63, 3.8) is 0 Å². The zero-order valence-electron chi connectivity index (χ0n) is 16.8. The van der Waals surface area contributed by atoms with E-state index in [1.165, 1.54) is 29.9 Å². The number of esters is 1. The third-order valence-corrected chi connectivity index (χ3v) is 5.04. The monoisotopic (exact) mass is 421 g/mol. The normalized spacial score (nSPS) is 11.9. The summed E-state index contributed by atoms with van der Waals surface area (Å²) < 4.78 is 10.6. The van der Waals surface area contributed by atoms with Gasteiger partial charge in [0.15, 0.2) is 5.16 Å². The van der Waals surface area contributed by atoms with Gasteiger partial charge in [-0.2, -0.15) is 0 Å². The van der Waals surface area contributed by atoms with E-state index in [0.717, 1.165) is 18.9 Å². The molecule has 0 radical (unpaired) electrons. The molecule has 156 valence electrons. The lowest BCUT2D eigenvalue weighted by atomic mass is 10.1. The lowest BCUT2D eigenvalue weighted by Gasteiger charge is -2.17. The average molecular weight is 421 g/mol. The lowest BCUT2D eigenvalue weighted by Crippen LogP contribution is -2.36. The van der Waals surface area contributed by atoms with E-state index < -0.39 is 23.2 Å². The van der Waals surface area contributed by atoms with Crippen molar-refractivity contribution in [2.24, 2.45) is 5.92 Å². The number of nitrogens with one attached hydrogen (secondary N) is 1. The zero-order valence-corrected chi connectivity index (χ0v) is 17.7. The summed E-state index contributed by atoms with van der Waals surface area (Å²) in [6, 6.07) is 4.53. The third kappa shape index (κ3) is 5.35. The number of rotatable bonds is 6. The molecule has 0 saturated heterocycles. The minimum atomic E-state index is -0.865. The minimum absolute atomic E-state index is 0.153. The number of carbonyl (C=O) groups excluding carboxylic acids is 3. The molecule has 1 atom stereocenters. The Morgan fingerprint density at radius 3 is 2.45 bits per heavy atom. The summed E-state index contributed by atoms with van der Waals surface area (Å²) in [4.78, 5) is 52.8. The highest BCUT2D eigenvalue weighted by Gasteiger charge is 2.22. The van der Waals surface area contributed by atoms with Crippen LogP contribution in [0, 0.1) is 5.92 Å². The molecule has 0 saturated carbocycles. The van der Waals surface area contributed by atoms with Crippen molar-refractivity contribution in [1.29, 1.82) is 0 Å². The van der Waals surface area contributed by atoms with Crippen LogP contribution in [0.1, 0.15) is 31.1 Å². The maximum atomic E-state index is 13.0. The summed E-state index contributed by atoms with van der Waals surface area (Å²) in [6.45, 7) is 5.90. The second kappa shape index (κ2) is 9.55. The highest BCUT2D eigenvalue weighted by Crippen LogP contribution is 2.24. The number of hydrogen-bond acceptors (Lipinski definition) is 8. The molecule has 10 heteroatoms. The van der Waals surface area contributed by atoms with E-state index in [4.69, 9.17) is 4.74 Å². The van der Waals surface area contributed by atoms with E-state index in [2.05, 4.69) is 15.0 Å². The predicted octanol–water partition coefficient (Wildman–Crippen LogP) is 2.20. The summed E-state index contributed by atoms with van der Waals surface area (Å²) in [6.07, 6.45) is -0.865. The summed E-state index contributed by atoms with van der Waals surface area (Å²) in [5.74, 6) is -0.962. The molecular weight excluding hydrogens is 398 g/mol. The van der Waals surface area contributed by atoms with Crippen molar-refractivity contribution >= 4 is 40.6 Å². The van der Waals surface area contributed by atoms with Gasteiger partial charge in [-0.25, -0.2) is 14.6 Å². The molecule has 1 aromatic carbocycles. The fraction of sp³-hybridized carbons (Fsp3) is 0.421. The first-order chi connectivity index (χ1) is 13.7. The fourth-order valence-corrected chi connectivity index (χ4v) is 3.44. The highest BCUT2D eigenvalue weighted by atomic mass is 32.2. The van der Waals surface area contributed by atoms with E-state index in [0.29, 0.717) is 22.6 Å². The standard InChI is InChI=1S/C19H23N3O6S/c1-10(2)9-22-16(24)13-7-6-12(17(25)27-4)8-14(13)20-18(22)29-11(3)15(23)21-19(26)28-5/h6-8,10-11H,9H2,1-5H3,(H,21,23,26)/t11-/m1/s1. The Morgan fingerprint density at radius 2 is 1.86 bits per heavy atom. The number of benzene rings is 1. The quantitative estimate of drug-likeness (QED) is 0.429. The molecule has 0 unspecified atom stereocenters. The second-order valence-corrected chi connectivity index (χ2v) is 7.98. The van der Waals surface area contributed by atoms with Crippen LogP contribution in [0.3, 0.4) is 0 Å². The van der Waals surface area contributed by atoms with Crippen LogP contribution in [-0.4, -0.2) is 47.0 Å². The Labute approximate surface area is 171 Å². The molecule has 0 aliphatic heterocycles. The van der Waals surface area contributed by atoms with Gasteiger partial charge in [0.25, 0.3) is 5.56 Å². The number of imide groups is 1. The Hall–Kier alpha value is -2.88. The van der Waals surface area contributed by atoms with Gasteiger partial charge in [0.2, 0.25) is 5.91 Å². The van der Waals surface area contributed by atoms with Gasteiger partial charge >= 0.3 is 12.1 Å². The summed E-state index contributed by atoms with van der Waals surface area (Å²) >= 11 is 1.04. The van der Waals surface area contributed by atoms with Crippen molar-refractivity contribution < 1.29 is 23.9 Å². The Balaban J connectivity index is 2.52. The van der Waals surface area contributed by atoms with E-state index >= 15 is 0 Å². The summed E-state index contributed by atoms with van der Waals surface area (Å²) in [7, 11) is 2.42. The maximum Gasteiger partial charge on any atom is 0.413 e. The van der Waals surface area contributed by atoms with Gasteiger partial charge in [0.05, 0.1) is 35.9 Å². The molecule has 0 aliphatic carbocycles. The molecule has 1 aromatic heterocycles. The van der Waals surface area contributed by atoms with Crippen LogP contribution in [0.2, 0.25) is 0 Å². The number of methoxy groups -OCH3 is 2. The van der Waals surface area contributed by atoms with E-state index in [1.54, 1.807) is 6.92 Å². The first kappa shape index (κ1) is 22.4. The Bertz CT molecular complexity index is 1000. The van der Waals surface area contributed by atoms with Gasteiger partial charge in [0.1, 0.15) is 0 Å². The molecule has 1 heterocycles. The van der Waals surface area contributed by atoms with Crippen molar-refractivity contribution in [3.8, 4) is 0 Å². The summed E-state index contributed by atoms with van der Waals surface area (Å²) in [5, 5.41) is 2.04. The van der Waals surface area contributed by atoms with Crippen LogP contribution in [0.25, 0.3) is 10.9 Å². The van der Waals surface area contributed by atoms with Crippen LogP contribution >= 0.6 is 11.8 Å². The number of fused-ring (bicyclic) bond motifs is 1. The number of ether oxygens (including phenoxy) is 2. The van der Waals surface area contributed by atoms with E-state index in [9.17, 15) is 19.2 Å². The van der Waals surface area contributed by atoms with Gasteiger partial charge in [0, 0.05) is 6.54 Å².